The summed E-state index contributed by atoms with van der Waals surface area (Å²) in [6, 6.07) is 4.13. The van der Waals surface area contributed by atoms with Gasteiger partial charge in [0.2, 0.25) is 11.8 Å². The first-order valence-corrected chi connectivity index (χ1v) is 10.7. The summed E-state index contributed by atoms with van der Waals surface area (Å²) in [5.74, 6) is 2.91. The second-order valence-corrected chi connectivity index (χ2v) is 9.59. The minimum Gasteiger partial charge on any atom is -0.481 e. The van der Waals surface area contributed by atoms with Crippen molar-refractivity contribution < 1.29 is 9.53 Å². The van der Waals surface area contributed by atoms with Crippen molar-refractivity contribution in [1.82, 2.24) is 10.3 Å². The van der Waals surface area contributed by atoms with Crippen molar-refractivity contribution in [2.24, 2.45) is 28.6 Å². The van der Waals surface area contributed by atoms with Gasteiger partial charge in [0, 0.05) is 29.8 Å². The molecule has 4 nitrogen and oxygen atoms in total. The Morgan fingerprint density at radius 3 is 2.71 bits per heavy atom. The molecule has 3 aliphatic carbocycles. The summed E-state index contributed by atoms with van der Waals surface area (Å²) < 4.78 is 5.24. The summed E-state index contributed by atoms with van der Waals surface area (Å²) in [5.41, 5.74) is 4.29. The lowest BCUT2D eigenvalue weighted by Gasteiger charge is -2.57. The Hall–Kier alpha value is -2.10. The van der Waals surface area contributed by atoms with Crippen molar-refractivity contribution in [1.29, 1.82) is 0 Å². The number of fused-ring (bicyclic) bond motifs is 5. The number of carbonyl (C=O) groups excluding carboxylic acids is 1. The molecule has 0 unspecified atom stereocenters. The van der Waals surface area contributed by atoms with Crippen molar-refractivity contribution in [3.8, 4) is 5.88 Å². The van der Waals surface area contributed by atoms with Crippen LogP contribution in [0.15, 0.2) is 36.2 Å². The van der Waals surface area contributed by atoms with E-state index < -0.39 is 0 Å². The molecule has 1 saturated heterocycles. The Balaban J connectivity index is 1.45. The molecule has 28 heavy (non-hydrogen) atoms. The summed E-state index contributed by atoms with van der Waals surface area (Å²) in [6.45, 7) is 4.87. The van der Waals surface area contributed by atoms with Crippen LogP contribution in [0.3, 0.4) is 0 Å². The van der Waals surface area contributed by atoms with E-state index >= 15 is 0 Å². The fourth-order valence-corrected chi connectivity index (χ4v) is 6.87. The Morgan fingerprint density at radius 1 is 1.11 bits per heavy atom. The zero-order valence-electron chi connectivity index (χ0n) is 17.1. The van der Waals surface area contributed by atoms with Gasteiger partial charge in [0.15, 0.2) is 0 Å². The van der Waals surface area contributed by atoms with Crippen molar-refractivity contribution in [3.63, 3.8) is 0 Å². The number of allylic oxidation sites excluding steroid dienone is 4. The smallest absolute Gasteiger partial charge is 0.224 e. The van der Waals surface area contributed by atoms with Crippen molar-refractivity contribution >= 4 is 11.5 Å². The van der Waals surface area contributed by atoms with Gasteiger partial charge in [-0.1, -0.05) is 26.0 Å². The third kappa shape index (κ3) is 2.42. The van der Waals surface area contributed by atoms with E-state index in [0.29, 0.717) is 30.1 Å². The molecule has 5 atom stereocenters. The predicted octanol–water partition coefficient (Wildman–Crippen LogP) is 4.73. The quantitative estimate of drug-likeness (QED) is 0.809. The molecular weight excluding hydrogens is 348 g/mol. The highest BCUT2D eigenvalue weighted by Crippen LogP contribution is 2.65. The van der Waals surface area contributed by atoms with Crippen LogP contribution in [0.5, 0.6) is 5.88 Å². The normalized spacial score (nSPS) is 39.1. The monoisotopic (exact) mass is 378 g/mol. The Kier molecular flexibility index (Phi) is 3.98. The third-order valence-corrected chi connectivity index (χ3v) is 8.45. The van der Waals surface area contributed by atoms with Gasteiger partial charge in [-0.15, -0.1) is 0 Å². The lowest BCUT2D eigenvalue weighted by molar-refractivity contribution is -0.124. The van der Waals surface area contributed by atoms with Gasteiger partial charge in [-0.2, -0.15) is 0 Å². The SMILES string of the molecule is COc1ccc(C2=CC[C@H]3[C@@H]4CC=C5NC(=O)CC[C@]5(C)[C@H]4CC[C@]23C)cn1. The van der Waals surface area contributed by atoms with Crippen molar-refractivity contribution in [2.75, 3.05) is 7.11 Å². The topological polar surface area (TPSA) is 51.2 Å². The highest BCUT2D eigenvalue weighted by molar-refractivity contribution is 5.79. The van der Waals surface area contributed by atoms with Crippen LogP contribution in [0, 0.1) is 28.6 Å². The molecule has 0 bridgehead atoms. The van der Waals surface area contributed by atoms with E-state index in [9.17, 15) is 4.79 Å². The van der Waals surface area contributed by atoms with Crippen molar-refractivity contribution in [3.05, 3.63) is 41.7 Å². The first-order valence-electron chi connectivity index (χ1n) is 10.7. The summed E-state index contributed by atoms with van der Waals surface area (Å²) in [4.78, 5) is 16.4. The summed E-state index contributed by atoms with van der Waals surface area (Å²) in [5, 5.41) is 3.20. The summed E-state index contributed by atoms with van der Waals surface area (Å²) in [6.07, 6.45) is 13.2. The molecule has 2 fully saturated rings. The van der Waals surface area contributed by atoms with Crippen LogP contribution in [0.4, 0.5) is 0 Å². The lowest BCUT2D eigenvalue weighted by Crippen LogP contribution is -2.52. The number of rotatable bonds is 2. The van der Waals surface area contributed by atoms with Gasteiger partial charge < -0.3 is 10.1 Å². The second-order valence-electron chi connectivity index (χ2n) is 9.59. The molecule has 5 rings (SSSR count). The van der Waals surface area contributed by atoms with Gasteiger partial charge in [-0.25, -0.2) is 4.98 Å². The molecule has 0 aromatic carbocycles. The Morgan fingerprint density at radius 2 is 1.96 bits per heavy atom. The van der Waals surface area contributed by atoms with Crippen LogP contribution < -0.4 is 10.1 Å². The third-order valence-electron chi connectivity index (χ3n) is 8.45. The first-order chi connectivity index (χ1) is 13.5. The van der Waals surface area contributed by atoms with Gasteiger partial charge in [0.05, 0.1) is 7.11 Å². The minimum absolute atomic E-state index is 0.141. The average molecular weight is 379 g/mol. The number of aromatic nitrogens is 1. The molecule has 1 N–H and O–H groups in total. The fraction of sp³-hybridized carbons (Fsp3) is 0.583. The van der Waals surface area contributed by atoms with E-state index in [-0.39, 0.29) is 16.7 Å². The molecule has 148 valence electrons. The number of ether oxygens (including phenoxy) is 1. The molecule has 1 aliphatic heterocycles. The molecule has 2 heterocycles. The van der Waals surface area contributed by atoms with Gasteiger partial charge in [0.1, 0.15) is 0 Å². The Bertz CT molecular complexity index is 871. The molecule has 4 heteroatoms. The van der Waals surface area contributed by atoms with Crippen LogP contribution >= 0.6 is 0 Å². The van der Waals surface area contributed by atoms with E-state index in [0.717, 1.165) is 19.3 Å². The molecule has 1 saturated carbocycles. The number of nitrogens with zero attached hydrogens (tertiary/aromatic N) is 1. The van der Waals surface area contributed by atoms with Crippen LogP contribution in [-0.4, -0.2) is 18.0 Å². The van der Waals surface area contributed by atoms with Gasteiger partial charge >= 0.3 is 0 Å². The highest BCUT2D eigenvalue weighted by atomic mass is 16.5. The maximum Gasteiger partial charge on any atom is 0.224 e. The molecule has 4 aliphatic rings. The fourth-order valence-electron chi connectivity index (χ4n) is 6.87. The van der Waals surface area contributed by atoms with E-state index in [1.807, 2.05) is 12.3 Å². The molecular formula is C24H30N2O2. The number of pyridine rings is 1. The van der Waals surface area contributed by atoms with Gasteiger partial charge in [-0.05, 0) is 72.5 Å². The van der Waals surface area contributed by atoms with Crippen molar-refractivity contribution in [2.45, 2.75) is 52.4 Å². The summed E-state index contributed by atoms with van der Waals surface area (Å²) >= 11 is 0. The van der Waals surface area contributed by atoms with Crippen LogP contribution in [0.25, 0.3) is 5.57 Å². The largest absolute Gasteiger partial charge is 0.481 e. The number of hydrogen-bond acceptors (Lipinski definition) is 3. The molecule has 1 aromatic rings. The molecule has 1 aromatic heterocycles. The Labute approximate surface area is 167 Å². The zero-order valence-corrected chi connectivity index (χ0v) is 17.1. The minimum atomic E-state index is 0.141. The summed E-state index contributed by atoms with van der Waals surface area (Å²) in [7, 11) is 1.66. The number of amides is 1. The number of nitrogens with one attached hydrogen (secondary N) is 1. The number of methoxy groups -OCH3 is 1. The first kappa shape index (κ1) is 18.0. The van der Waals surface area contributed by atoms with E-state index in [1.165, 1.54) is 29.7 Å². The van der Waals surface area contributed by atoms with Gasteiger partial charge in [-0.3, -0.25) is 4.79 Å². The lowest BCUT2D eigenvalue weighted by atomic mass is 9.49. The molecule has 0 radical (unpaired) electrons. The maximum absolute atomic E-state index is 11.9. The molecule has 1 amide bonds. The van der Waals surface area contributed by atoms with Crippen LogP contribution in [0.2, 0.25) is 0 Å². The maximum atomic E-state index is 11.9. The van der Waals surface area contributed by atoms with E-state index in [4.69, 9.17) is 4.74 Å². The zero-order chi connectivity index (χ0) is 19.5. The predicted molar refractivity (Wildman–Crippen MR) is 109 cm³/mol. The standard InChI is InChI=1S/C24H30N2O2/c1-23-12-10-19-16(5-8-20-24(19,2)13-11-21(27)26-20)18(23)7-6-17(23)15-4-9-22(28-3)25-14-15/h4,6,8-9,14,16,18-19H,5,7,10-13H2,1-3H3,(H,26,27)/t16-,18-,19-,23+,24+/m0/s1. The second kappa shape index (κ2) is 6.20. The van der Waals surface area contributed by atoms with E-state index in [1.54, 1.807) is 7.11 Å². The highest BCUT2D eigenvalue weighted by Gasteiger charge is 2.57. The van der Waals surface area contributed by atoms with Gasteiger partial charge in [0.25, 0.3) is 0 Å². The number of piperidine rings is 1. The number of hydrogen-bond donors (Lipinski definition) is 1. The van der Waals surface area contributed by atoms with E-state index in [2.05, 4.69) is 42.4 Å². The number of carbonyl (C=O) groups is 1. The average Bonchev–Trinajstić information content (AvgIpc) is 3.06. The van der Waals surface area contributed by atoms with Crippen LogP contribution in [-0.2, 0) is 4.79 Å². The van der Waals surface area contributed by atoms with Crippen LogP contribution in [0.1, 0.15) is 57.9 Å². The molecule has 0 spiro atoms.